The molecule has 0 unspecified atom stereocenters. The molecular formula is C22H26N4O4. The molecule has 3 rings (SSSR count). The molecule has 0 atom stereocenters. The first-order valence-corrected chi connectivity index (χ1v) is 9.85. The van der Waals surface area contributed by atoms with E-state index >= 15 is 0 Å². The Morgan fingerprint density at radius 1 is 1.00 bits per heavy atom. The molecule has 8 heteroatoms. The molecule has 2 aromatic carbocycles. The van der Waals surface area contributed by atoms with Crippen LogP contribution in [-0.4, -0.2) is 60.5 Å². The third kappa shape index (κ3) is 5.81. The minimum atomic E-state index is -1.09. The van der Waals surface area contributed by atoms with E-state index in [9.17, 15) is 19.5 Å². The standard InChI is InChI=1S/C22H26N4O4/c1-16(27)24-20-8-7-18(13-19(20)22(29)30)26-11-9-25(10-12-26)15-21(28)23-14-17-5-3-2-4-6-17/h2-8,13H,9-12,14-15H2,1H3,(H,23,28)(H,24,27)(H,29,30). The van der Waals surface area contributed by atoms with Crippen molar-refractivity contribution in [2.75, 3.05) is 42.9 Å². The molecular weight excluding hydrogens is 384 g/mol. The first-order chi connectivity index (χ1) is 14.4. The number of rotatable bonds is 7. The van der Waals surface area contributed by atoms with Gasteiger partial charge in [-0.05, 0) is 23.8 Å². The van der Waals surface area contributed by atoms with Gasteiger partial charge in [-0.1, -0.05) is 30.3 Å². The number of nitrogens with zero attached hydrogens (tertiary/aromatic N) is 2. The van der Waals surface area contributed by atoms with Gasteiger partial charge < -0.3 is 20.6 Å². The van der Waals surface area contributed by atoms with Crippen LogP contribution in [0.2, 0.25) is 0 Å². The number of hydrogen-bond donors (Lipinski definition) is 3. The van der Waals surface area contributed by atoms with E-state index in [0.29, 0.717) is 39.3 Å². The second-order valence-corrected chi connectivity index (χ2v) is 7.24. The summed E-state index contributed by atoms with van der Waals surface area (Å²) in [5.74, 6) is -1.42. The number of amides is 2. The van der Waals surface area contributed by atoms with Gasteiger partial charge in [0.15, 0.2) is 0 Å². The summed E-state index contributed by atoms with van der Waals surface area (Å²) in [6.07, 6.45) is 0. The average Bonchev–Trinajstić information content (AvgIpc) is 2.73. The normalized spacial score (nSPS) is 14.2. The Bertz CT molecular complexity index is 909. The molecule has 1 aliphatic heterocycles. The van der Waals surface area contributed by atoms with Crippen molar-refractivity contribution in [3.8, 4) is 0 Å². The first kappa shape index (κ1) is 21.3. The Balaban J connectivity index is 1.52. The summed E-state index contributed by atoms with van der Waals surface area (Å²) >= 11 is 0. The second kappa shape index (κ2) is 9.89. The lowest BCUT2D eigenvalue weighted by atomic mass is 10.1. The summed E-state index contributed by atoms with van der Waals surface area (Å²) in [5, 5.41) is 14.9. The third-order valence-corrected chi connectivity index (χ3v) is 4.98. The lowest BCUT2D eigenvalue weighted by Gasteiger charge is -2.36. The quantitative estimate of drug-likeness (QED) is 0.643. The van der Waals surface area contributed by atoms with Gasteiger partial charge in [0.05, 0.1) is 17.8 Å². The molecule has 0 saturated carbocycles. The molecule has 30 heavy (non-hydrogen) atoms. The van der Waals surface area contributed by atoms with Crippen molar-refractivity contribution in [2.24, 2.45) is 0 Å². The van der Waals surface area contributed by atoms with E-state index in [2.05, 4.69) is 20.4 Å². The van der Waals surface area contributed by atoms with Crippen LogP contribution in [0.15, 0.2) is 48.5 Å². The minimum absolute atomic E-state index is 0.0138. The van der Waals surface area contributed by atoms with Gasteiger partial charge in [0.1, 0.15) is 0 Å². The zero-order chi connectivity index (χ0) is 21.5. The SMILES string of the molecule is CC(=O)Nc1ccc(N2CCN(CC(=O)NCc3ccccc3)CC2)cc1C(=O)O. The molecule has 2 aromatic rings. The van der Waals surface area contributed by atoms with E-state index in [-0.39, 0.29) is 23.1 Å². The van der Waals surface area contributed by atoms with Gasteiger partial charge >= 0.3 is 5.97 Å². The molecule has 0 radical (unpaired) electrons. The number of hydrogen-bond acceptors (Lipinski definition) is 5. The maximum atomic E-state index is 12.2. The van der Waals surface area contributed by atoms with Crippen molar-refractivity contribution in [1.29, 1.82) is 0 Å². The number of carboxylic acids is 1. The number of piperazine rings is 1. The predicted molar refractivity (Wildman–Crippen MR) is 115 cm³/mol. The van der Waals surface area contributed by atoms with Crippen molar-refractivity contribution in [3.05, 3.63) is 59.7 Å². The van der Waals surface area contributed by atoms with Crippen LogP contribution in [0.4, 0.5) is 11.4 Å². The second-order valence-electron chi connectivity index (χ2n) is 7.24. The Labute approximate surface area is 175 Å². The van der Waals surface area contributed by atoms with Crippen LogP contribution in [0.3, 0.4) is 0 Å². The average molecular weight is 410 g/mol. The van der Waals surface area contributed by atoms with Gasteiger partial charge in [-0.15, -0.1) is 0 Å². The maximum Gasteiger partial charge on any atom is 0.337 e. The summed E-state index contributed by atoms with van der Waals surface area (Å²) < 4.78 is 0. The molecule has 3 N–H and O–H groups in total. The van der Waals surface area contributed by atoms with Crippen molar-refractivity contribution in [3.63, 3.8) is 0 Å². The van der Waals surface area contributed by atoms with Crippen molar-refractivity contribution >= 4 is 29.2 Å². The van der Waals surface area contributed by atoms with Crippen molar-refractivity contribution in [2.45, 2.75) is 13.5 Å². The smallest absolute Gasteiger partial charge is 0.337 e. The van der Waals surface area contributed by atoms with Gasteiger partial charge in [0, 0.05) is 45.3 Å². The number of aromatic carboxylic acids is 1. The fourth-order valence-electron chi connectivity index (χ4n) is 3.42. The molecule has 2 amide bonds. The van der Waals surface area contributed by atoms with Crippen LogP contribution in [0, 0.1) is 0 Å². The molecule has 1 heterocycles. The highest BCUT2D eigenvalue weighted by Gasteiger charge is 2.21. The Morgan fingerprint density at radius 2 is 1.70 bits per heavy atom. The van der Waals surface area contributed by atoms with Crippen LogP contribution < -0.4 is 15.5 Å². The van der Waals surface area contributed by atoms with Crippen molar-refractivity contribution in [1.82, 2.24) is 10.2 Å². The maximum absolute atomic E-state index is 12.2. The summed E-state index contributed by atoms with van der Waals surface area (Å²) in [6.45, 7) is 4.97. The predicted octanol–water partition coefficient (Wildman–Crippen LogP) is 1.78. The first-order valence-electron chi connectivity index (χ1n) is 9.85. The lowest BCUT2D eigenvalue weighted by molar-refractivity contribution is -0.122. The van der Waals surface area contributed by atoms with E-state index in [4.69, 9.17) is 0 Å². The van der Waals surface area contributed by atoms with Crippen molar-refractivity contribution < 1.29 is 19.5 Å². The molecule has 1 fully saturated rings. The molecule has 0 spiro atoms. The number of nitrogens with one attached hydrogen (secondary N) is 2. The van der Waals surface area contributed by atoms with Crippen LogP contribution in [-0.2, 0) is 16.1 Å². The highest BCUT2D eigenvalue weighted by atomic mass is 16.4. The third-order valence-electron chi connectivity index (χ3n) is 4.98. The Morgan fingerprint density at radius 3 is 2.33 bits per heavy atom. The zero-order valence-electron chi connectivity index (χ0n) is 16.9. The summed E-state index contributed by atoms with van der Waals surface area (Å²) in [6, 6.07) is 14.8. The van der Waals surface area contributed by atoms with Crippen LogP contribution in [0.25, 0.3) is 0 Å². The van der Waals surface area contributed by atoms with Gasteiger partial charge in [-0.25, -0.2) is 4.79 Å². The molecule has 0 bridgehead atoms. The van der Waals surface area contributed by atoms with E-state index in [1.807, 2.05) is 30.3 Å². The molecule has 0 aliphatic carbocycles. The number of carbonyl (C=O) groups excluding carboxylic acids is 2. The fraction of sp³-hybridized carbons (Fsp3) is 0.318. The monoisotopic (exact) mass is 410 g/mol. The number of carbonyl (C=O) groups is 3. The Hall–Kier alpha value is -3.39. The molecule has 158 valence electrons. The summed E-state index contributed by atoms with van der Waals surface area (Å²) in [5.41, 5.74) is 2.19. The van der Waals surface area contributed by atoms with Crippen LogP contribution in [0.5, 0.6) is 0 Å². The number of carboxylic acid groups (broad SMARTS) is 1. The molecule has 1 saturated heterocycles. The lowest BCUT2D eigenvalue weighted by Crippen LogP contribution is -2.49. The topological polar surface area (TPSA) is 102 Å². The summed E-state index contributed by atoms with van der Waals surface area (Å²) in [7, 11) is 0. The molecule has 8 nitrogen and oxygen atoms in total. The van der Waals surface area contributed by atoms with Crippen LogP contribution >= 0.6 is 0 Å². The van der Waals surface area contributed by atoms with Gasteiger partial charge in [0.25, 0.3) is 0 Å². The van der Waals surface area contributed by atoms with E-state index in [1.54, 1.807) is 18.2 Å². The fourth-order valence-corrected chi connectivity index (χ4v) is 3.42. The highest BCUT2D eigenvalue weighted by Crippen LogP contribution is 2.24. The largest absolute Gasteiger partial charge is 0.478 e. The van der Waals surface area contributed by atoms with E-state index in [1.165, 1.54) is 6.92 Å². The minimum Gasteiger partial charge on any atom is -0.478 e. The van der Waals surface area contributed by atoms with E-state index < -0.39 is 5.97 Å². The highest BCUT2D eigenvalue weighted by molar-refractivity contribution is 6.00. The van der Waals surface area contributed by atoms with Gasteiger partial charge in [-0.2, -0.15) is 0 Å². The Kier molecular flexibility index (Phi) is 7.03. The molecule has 0 aromatic heterocycles. The van der Waals surface area contributed by atoms with Gasteiger partial charge in [0.2, 0.25) is 11.8 Å². The molecule has 1 aliphatic rings. The zero-order valence-corrected chi connectivity index (χ0v) is 16.9. The van der Waals surface area contributed by atoms with E-state index in [0.717, 1.165) is 11.3 Å². The van der Waals surface area contributed by atoms with Gasteiger partial charge in [-0.3, -0.25) is 14.5 Å². The summed E-state index contributed by atoms with van der Waals surface area (Å²) in [4.78, 5) is 39.2. The van der Waals surface area contributed by atoms with Crippen LogP contribution in [0.1, 0.15) is 22.8 Å². The number of anilines is 2. The number of benzene rings is 2.